The zero-order valence-corrected chi connectivity index (χ0v) is 11.9. The number of likely N-dealkylation sites (N-methyl/N-ethyl adjacent to an activating group) is 1. The number of piperidine rings is 1. The Morgan fingerprint density at radius 2 is 2.05 bits per heavy atom. The van der Waals surface area contributed by atoms with Crippen LogP contribution >= 0.6 is 0 Å². The Hall–Kier alpha value is -2.21. The molecule has 1 heterocycles. The Kier molecular flexibility index (Phi) is 4.70. The van der Waals surface area contributed by atoms with Gasteiger partial charge in [0.05, 0.1) is 5.92 Å². The molecule has 1 aliphatic rings. The number of imide groups is 1. The van der Waals surface area contributed by atoms with Gasteiger partial charge in [-0.3, -0.25) is 19.3 Å². The van der Waals surface area contributed by atoms with Gasteiger partial charge in [0, 0.05) is 20.0 Å². The van der Waals surface area contributed by atoms with E-state index in [0.717, 1.165) is 10.5 Å². The van der Waals surface area contributed by atoms with E-state index in [-0.39, 0.29) is 30.7 Å². The van der Waals surface area contributed by atoms with Crippen molar-refractivity contribution < 1.29 is 14.4 Å². The van der Waals surface area contributed by atoms with E-state index in [0.29, 0.717) is 6.42 Å². The molecule has 0 aromatic heterocycles. The van der Waals surface area contributed by atoms with Crippen LogP contribution in [0.5, 0.6) is 0 Å². The van der Waals surface area contributed by atoms with Crippen molar-refractivity contribution in [3.8, 4) is 0 Å². The number of nitrogens with zero attached hydrogens (tertiary/aromatic N) is 1. The van der Waals surface area contributed by atoms with Gasteiger partial charge in [0.1, 0.15) is 6.04 Å². The van der Waals surface area contributed by atoms with Crippen molar-refractivity contribution in [2.75, 3.05) is 13.6 Å². The highest BCUT2D eigenvalue weighted by atomic mass is 16.2. The molecule has 6 heteroatoms. The Labute approximate surface area is 123 Å². The summed E-state index contributed by atoms with van der Waals surface area (Å²) < 4.78 is 0. The van der Waals surface area contributed by atoms with Crippen LogP contribution in [0, 0.1) is 0 Å². The number of hydrogen-bond donors (Lipinski definition) is 2. The summed E-state index contributed by atoms with van der Waals surface area (Å²) in [5.41, 5.74) is 6.49. The van der Waals surface area contributed by atoms with E-state index in [9.17, 15) is 14.4 Å². The third-order valence-corrected chi connectivity index (χ3v) is 3.72. The van der Waals surface area contributed by atoms with Gasteiger partial charge < -0.3 is 11.1 Å². The third kappa shape index (κ3) is 3.28. The summed E-state index contributed by atoms with van der Waals surface area (Å²) >= 11 is 0. The molecule has 1 saturated heterocycles. The first-order valence-electron chi connectivity index (χ1n) is 6.90. The van der Waals surface area contributed by atoms with Gasteiger partial charge in [0.15, 0.2) is 0 Å². The van der Waals surface area contributed by atoms with Crippen LogP contribution in [0.3, 0.4) is 0 Å². The van der Waals surface area contributed by atoms with Crippen molar-refractivity contribution in [3.05, 3.63) is 35.9 Å². The summed E-state index contributed by atoms with van der Waals surface area (Å²) in [5, 5.41) is 2.71. The van der Waals surface area contributed by atoms with Gasteiger partial charge in [-0.15, -0.1) is 0 Å². The first kappa shape index (κ1) is 15.2. The van der Waals surface area contributed by atoms with E-state index in [1.807, 2.05) is 30.3 Å². The maximum Gasteiger partial charge on any atom is 0.251 e. The molecule has 1 fully saturated rings. The molecule has 2 atom stereocenters. The van der Waals surface area contributed by atoms with Crippen LogP contribution in [0.15, 0.2) is 30.3 Å². The van der Waals surface area contributed by atoms with E-state index >= 15 is 0 Å². The molecule has 112 valence electrons. The Morgan fingerprint density at radius 1 is 1.38 bits per heavy atom. The minimum Gasteiger partial charge on any atom is -0.344 e. The summed E-state index contributed by atoms with van der Waals surface area (Å²) in [4.78, 5) is 36.8. The largest absolute Gasteiger partial charge is 0.344 e. The molecule has 0 saturated carbocycles. The maximum atomic E-state index is 12.3. The highest BCUT2D eigenvalue weighted by molar-refractivity contribution is 6.01. The summed E-state index contributed by atoms with van der Waals surface area (Å²) in [6, 6.07) is 8.54. The normalized spacial score (nSPS) is 20.3. The summed E-state index contributed by atoms with van der Waals surface area (Å²) in [5.74, 6) is -1.38. The molecule has 6 nitrogen and oxygen atoms in total. The molecule has 0 aliphatic carbocycles. The molecule has 3 amide bonds. The SMILES string of the molecule is CN1C(=O)CCC(NC(=O)C(CN)c2ccccc2)C1=O. The Bertz CT molecular complexity index is 544. The fourth-order valence-electron chi connectivity index (χ4n) is 2.40. The predicted molar refractivity (Wildman–Crippen MR) is 77.2 cm³/mol. The Balaban J connectivity index is 2.06. The zero-order chi connectivity index (χ0) is 15.4. The average molecular weight is 289 g/mol. The van der Waals surface area contributed by atoms with Gasteiger partial charge in [-0.1, -0.05) is 30.3 Å². The van der Waals surface area contributed by atoms with E-state index in [2.05, 4.69) is 5.32 Å². The van der Waals surface area contributed by atoms with Gasteiger partial charge in [0.25, 0.3) is 5.91 Å². The lowest BCUT2D eigenvalue weighted by Crippen LogP contribution is -2.54. The number of carbonyl (C=O) groups excluding carboxylic acids is 3. The molecule has 0 bridgehead atoms. The first-order chi connectivity index (χ1) is 10.0. The smallest absolute Gasteiger partial charge is 0.251 e. The summed E-state index contributed by atoms with van der Waals surface area (Å²) in [7, 11) is 1.43. The molecule has 3 N–H and O–H groups in total. The molecule has 1 aromatic rings. The first-order valence-corrected chi connectivity index (χ1v) is 6.90. The van der Waals surface area contributed by atoms with Crippen LogP contribution < -0.4 is 11.1 Å². The maximum absolute atomic E-state index is 12.3. The van der Waals surface area contributed by atoms with Gasteiger partial charge in [-0.2, -0.15) is 0 Å². The van der Waals surface area contributed by atoms with E-state index < -0.39 is 12.0 Å². The lowest BCUT2D eigenvalue weighted by Gasteiger charge is -2.29. The third-order valence-electron chi connectivity index (χ3n) is 3.72. The van der Waals surface area contributed by atoms with Crippen molar-refractivity contribution in [2.24, 2.45) is 5.73 Å². The Morgan fingerprint density at radius 3 is 2.67 bits per heavy atom. The molecule has 0 spiro atoms. The summed E-state index contributed by atoms with van der Waals surface area (Å²) in [6.45, 7) is 0.158. The number of hydrogen-bond acceptors (Lipinski definition) is 4. The van der Waals surface area contributed by atoms with E-state index in [4.69, 9.17) is 5.73 Å². The fourth-order valence-corrected chi connectivity index (χ4v) is 2.40. The van der Waals surface area contributed by atoms with Crippen molar-refractivity contribution in [2.45, 2.75) is 24.8 Å². The molecule has 1 aromatic carbocycles. The van der Waals surface area contributed by atoms with E-state index in [1.54, 1.807) is 0 Å². The number of rotatable bonds is 4. The van der Waals surface area contributed by atoms with Gasteiger partial charge in [-0.05, 0) is 12.0 Å². The van der Waals surface area contributed by atoms with Crippen LogP contribution in [0.1, 0.15) is 24.3 Å². The lowest BCUT2D eigenvalue weighted by molar-refractivity contribution is -0.149. The fraction of sp³-hybridized carbons (Fsp3) is 0.400. The number of nitrogens with two attached hydrogens (primary N) is 1. The number of carbonyl (C=O) groups is 3. The van der Waals surface area contributed by atoms with Crippen LogP contribution in [0.4, 0.5) is 0 Å². The monoisotopic (exact) mass is 289 g/mol. The molecular formula is C15H19N3O3. The topological polar surface area (TPSA) is 92.5 Å². The standard InChI is InChI=1S/C15H19N3O3/c1-18-13(19)8-7-12(15(18)21)17-14(20)11(9-16)10-5-3-2-4-6-10/h2-6,11-12H,7-9,16H2,1H3,(H,17,20). The minimum absolute atomic E-state index is 0.158. The van der Waals surface area contributed by atoms with Gasteiger partial charge in [-0.25, -0.2) is 0 Å². The second kappa shape index (κ2) is 6.49. The zero-order valence-electron chi connectivity index (χ0n) is 11.9. The number of benzene rings is 1. The second-order valence-electron chi connectivity index (χ2n) is 5.09. The molecule has 2 unspecified atom stereocenters. The van der Waals surface area contributed by atoms with Gasteiger partial charge in [0.2, 0.25) is 11.8 Å². The van der Waals surface area contributed by atoms with Crippen LogP contribution in [0.2, 0.25) is 0 Å². The van der Waals surface area contributed by atoms with Crippen molar-refractivity contribution >= 4 is 17.7 Å². The minimum atomic E-state index is -0.655. The second-order valence-corrected chi connectivity index (χ2v) is 5.09. The van der Waals surface area contributed by atoms with Crippen molar-refractivity contribution in [1.82, 2.24) is 10.2 Å². The van der Waals surface area contributed by atoms with Crippen molar-refractivity contribution in [1.29, 1.82) is 0 Å². The van der Waals surface area contributed by atoms with Crippen molar-refractivity contribution in [3.63, 3.8) is 0 Å². The highest BCUT2D eigenvalue weighted by Gasteiger charge is 2.34. The quantitative estimate of drug-likeness (QED) is 0.763. The molecule has 2 rings (SSSR count). The average Bonchev–Trinajstić information content (AvgIpc) is 2.50. The number of nitrogens with one attached hydrogen (secondary N) is 1. The molecular weight excluding hydrogens is 270 g/mol. The van der Waals surface area contributed by atoms with Crippen LogP contribution in [-0.2, 0) is 14.4 Å². The summed E-state index contributed by atoms with van der Waals surface area (Å²) in [6.07, 6.45) is 0.589. The van der Waals surface area contributed by atoms with Crippen LogP contribution in [-0.4, -0.2) is 42.3 Å². The number of amides is 3. The van der Waals surface area contributed by atoms with E-state index in [1.165, 1.54) is 7.05 Å². The lowest BCUT2D eigenvalue weighted by atomic mass is 9.97. The van der Waals surface area contributed by atoms with Crippen LogP contribution in [0.25, 0.3) is 0 Å². The molecule has 21 heavy (non-hydrogen) atoms. The number of likely N-dealkylation sites (tertiary alicyclic amines) is 1. The predicted octanol–water partition coefficient (Wildman–Crippen LogP) is -0.00750. The highest BCUT2D eigenvalue weighted by Crippen LogP contribution is 2.17. The van der Waals surface area contributed by atoms with Gasteiger partial charge >= 0.3 is 0 Å². The molecule has 1 aliphatic heterocycles. The molecule has 0 radical (unpaired) electrons.